The molecule has 0 saturated carbocycles. The van der Waals surface area contributed by atoms with Crippen LogP contribution in [0.4, 0.5) is 14.5 Å². The van der Waals surface area contributed by atoms with Gasteiger partial charge in [0.05, 0.1) is 6.54 Å². The monoisotopic (exact) mass is 344 g/mol. The summed E-state index contributed by atoms with van der Waals surface area (Å²) in [5.41, 5.74) is 0.350. The van der Waals surface area contributed by atoms with E-state index in [1.165, 1.54) is 6.33 Å². The van der Waals surface area contributed by atoms with Gasteiger partial charge < -0.3 is 10.1 Å². The first-order valence-corrected chi connectivity index (χ1v) is 7.43. The van der Waals surface area contributed by atoms with Crippen LogP contribution in [0.15, 0.2) is 55.1 Å². The minimum Gasteiger partial charge on any atom is -0.492 e. The van der Waals surface area contributed by atoms with E-state index >= 15 is 0 Å². The third-order valence-electron chi connectivity index (χ3n) is 3.27. The highest BCUT2D eigenvalue weighted by atomic mass is 19.1. The maximum absolute atomic E-state index is 13.2. The number of halogens is 2. The zero-order valence-electron chi connectivity index (χ0n) is 13.0. The summed E-state index contributed by atoms with van der Waals surface area (Å²) in [5, 5.41) is 6.54. The van der Waals surface area contributed by atoms with Crippen molar-refractivity contribution in [2.75, 3.05) is 11.9 Å². The fourth-order valence-electron chi connectivity index (χ4n) is 2.16. The molecule has 2 aromatic carbocycles. The normalized spacial score (nSPS) is 10.5. The van der Waals surface area contributed by atoms with Crippen LogP contribution >= 0.6 is 0 Å². The van der Waals surface area contributed by atoms with E-state index in [-0.39, 0.29) is 5.56 Å². The van der Waals surface area contributed by atoms with E-state index in [0.29, 0.717) is 30.7 Å². The molecule has 128 valence electrons. The zero-order valence-corrected chi connectivity index (χ0v) is 13.0. The second-order valence-electron chi connectivity index (χ2n) is 5.15. The lowest BCUT2D eigenvalue weighted by Crippen LogP contribution is -2.13. The van der Waals surface area contributed by atoms with Gasteiger partial charge in [0.1, 0.15) is 36.6 Å². The number of rotatable bonds is 6. The Kier molecular flexibility index (Phi) is 4.98. The molecule has 3 rings (SSSR count). The molecule has 1 amide bonds. The molecular formula is C17H14F2N4O2. The first-order chi connectivity index (χ1) is 12.1. The summed E-state index contributed by atoms with van der Waals surface area (Å²) < 4.78 is 33.6. The van der Waals surface area contributed by atoms with Gasteiger partial charge in [0.25, 0.3) is 5.91 Å². The molecule has 3 aromatic rings. The molecule has 0 aliphatic carbocycles. The van der Waals surface area contributed by atoms with Crippen LogP contribution in [0, 0.1) is 11.6 Å². The van der Waals surface area contributed by atoms with Crippen LogP contribution < -0.4 is 10.1 Å². The van der Waals surface area contributed by atoms with Gasteiger partial charge in [0.2, 0.25) is 0 Å². The topological polar surface area (TPSA) is 69.0 Å². The molecule has 0 aliphatic rings. The number of benzene rings is 2. The molecule has 0 radical (unpaired) electrons. The molecule has 0 unspecified atom stereocenters. The van der Waals surface area contributed by atoms with Crippen molar-refractivity contribution >= 4 is 11.6 Å². The quantitative estimate of drug-likeness (QED) is 0.746. The average Bonchev–Trinajstić information content (AvgIpc) is 3.08. The van der Waals surface area contributed by atoms with Gasteiger partial charge in [-0.1, -0.05) is 6.07 Å². The summed E-state index contributed by atoms with van der Waals surface area (Å²) >= 11 is 0. The number of carbonyl (C=O) groups is 1. The summed E-state index contributed by atoms with van der Waals surface area (Å²) in [6.45, 7) is 0.898. The first kappa shape index (κ1) is 16.6. The van der Waals surface area contributed by atoms with Crippen molar-refractivity contribution in [2.45, 2.75) is 6.54 Å². The Bertz CT molecular complexity index is 849. The van der Waals surface area contributed by atoms with Crippen LogP contribution in [0.2, 0.25) is 0 Å². The van der Waals surface area contributed by atoms with Crippen molar-refractivity contribution in [3.8, 4) is 5.75 Å². The molecule has 0 fully saturated rings. The van der Waals surface area contributed by atoms with Crippen molar-refractivity contribution in [3.63, 3.8) is 0 Å². The third-order valence-corrected chi connectivity index (χ3v) is 3.27. The van der Waals surface area contributed by atoms with E-state index in [2.05, 4.69) is 15.4 Å². The SMILES string of the molecule is O=C(Nc1cccc(OCCn2cncn2)c1)c1cc(F)cc(F)c1. The fraction of sp³-hybridized carbons (Fsp3) is 0.118. The average molecular weight is 344 g/mol. The van der Waals surface area contributed by atoms with Gasteiger partial charge in [0, 0.05) is 23.4 Å². The number of anilines is 1. The summed E-state index contributed by atoms with van der Waals surface area (Å²) in [6.07, 6.45) is 3.02. The van der Waals surface area contributed by atoms with E-state index in [1.54, 1.807) is 35.3 Å². The Morgan fingerprint density at radius 2 is 1.96 bits per heavy atom. The molecule has 0 bridgehead atoms. The number of amides is 1. The fourth-order valence-corrected chi connectivity index (χ4v) is 2.16. The Hall–Kier alpha value is -3.29. The molecule has 6 nitrogen and oxygen atoms in total. The Labute approximate surface area is 142 Å². The van der Waals surface area contributed by atoms with Crippen molar-refractivity contribution in [1.29, 1.82) is 0 Å². The second kappa shape index (κ2) is 7.52. The molecule has 0 aliphatic heterocycles. The molecule has 0 saturated heterocycles. The van der Waals surface area contributed by atoms with Gasteiger partial charge >= 0.3 is 0 Å². The van der Waals surface area contributed by atoms with E-state index in [4.69, 9.17) is 4.74 Å². The maximum Gasteiger partial charge on any atom is 0.255 e. The summed E-state index contributed by atoms with van der Waals surface area (Å²) in [4.78, 5) is 15.9. The highest BCUT2D eigenvalue weighted by Gasteiger charge is 2.10. The van der Waals surface area contributed by atoms with Crippen molar-refractivity contribution in [3.05, 3.63) is 72.3 Å². The Morgan fingerprint density at radius 3 is 2.68 bits per heavy atom. The van der Waals surface area contributed by atoms with Gasteiger partial charge in [-0.05, 0) is 24.3 Å². The highest BCUT2D eigenvalue weighted by molar-refractivity contribution is 6.04. The molecule has 1 aromatic heterocycles. The minimum atomic E-state index is -0.810. The van der Waals surface area contributed by atoms with Gasteiger partial charge in [0.15, 0.2) is 0 Å². The van der Waals surface area contributed by atoms with Crippen LogP contribution in [-0.4, -0.2) is 27.3 Å². The number of aromatic nitrogens is 3. The van der Waals surface area contributed by atoms with Crippen LogP contribution in [0.5, 0.6) is 5.75 Å². The molecule has 0 spiro atoms. The Morgan fingerprint density at radius 1 is 1.16 bits per heavy atom. The number of carbonyl (C=O) groups excluding carboxylic acids is 1. The predicted molar refractivity (Wildman–Crippen MR) is 86.3 cm³/mol. The van der Waals surface area contributed by atoms with E-state index < -0.39 is 17.5 Å². The first-order valence-electron chi connectivity index (χ1n) is 7.43. The molecular weight excluding hydrogens is 330 g/mol. The van der Waals surface area contributed by atoms with E-state index in [9.17, 15) is 13.6 Å². The summed E-state index contributed by atoms with van der Waals surface area (Å²) in [7, 11) is 0. The Balaban J connectivity index is 1.61. The van der Waals surface area contributed by atoms with Gasteiger partial charge in [-0.2, -0.15) is 5.10 Å². The number of nitrogens with one attached hydrogen (secondary N) is 1. The van der Waals surface area contributed by atoms with Crippen molar-refractivity contribution in [1.82, 2.24) is 14.8 Å². The van der Waals surface area contributed by atoms with Crippen LogP contribution in [0.3, 0.4) is 0 Å². The van der Waals surface area contributed by atoms with Crippen molar-refractivity contribution in [2.24, 2.45) is 0 Å². The predicted octanol–water partition coefficient (Wildman–Crippen LogP) is 2.89. The van der Waals surface area contributed by atoms with Crippen LogP contribution in [0.1, 0.15) is 10.4 Å². The molecule has 1 heterocycles. The largest absolute Gasteiger partial charge is 0.492 e. The molecule has 1 N–H and O–H groups in total. The lowest BCUT2D eigenvalue weighted by atomic mass is 10.2. The van der Waals surface area contributed by atoms with E-state index in [0.717, 1.165) is 12.1 Å². The third kappa shape index (κ3) is 4.60. The van der Waals surface area contributed by atoms with E-state index in [1.807, 2.05) is 0 Å². The number of nitrogens with zero attached hydrogens (tertiary/aromatic N) is 3. The number of hydrogen-bond acceptors (Lipinski definition) is 4. The minimum absolute atomic E-state index is 0.102. The number of ether oxygens (including phenoxy) is 1. The molecule has 0 atom stereocenters. The maximum atomic E-state index is 13.2. The van der Waals surface area contributed by atoms with Crippen LogP contribution in [-0.2, 0) is 6.54 Å². The lowest BCUT2D eigenvalue weighted by molar-refractivity contribution is 0.102. The zero-order chi connectivity index (χ0) is 17.6. The smallest absolute Gasteiger partial charge is 0.255 e. The van der Waals surface area contributed by atoms with Gasteiger partial charge in [-0.3, -0.25) is 4.79 Å². The van der Waals surface area contributed by atoms with Crippen molar-refractivity contribution < 1.29 is 18.3 Å². The summed E-state index contributed by atoms with van der Waals surface area (Å²) in [5.74, 6) is -1.69. The van der Waals surface area contributed by atoms with Gasteiger partial charge in [-0.15, -0.1) is 0 Å². The molecule has 25 heavy (non-hydrogen) atoms. The number of hydrogen-bond donors (Lipinski definition) is 1. The second-order valence-corrected chi connectivity index (χ2v) is 5.15. The highest BCUT2D eigenvalue weighted by Crippen LogP contribution is 2.18. The lowest BCUT2D eigenvalue weighted by Gasteiger charge is -2.09. The van der Waals surface area contributed by atoms with Crippen LogP contribution in [0.25, 0.3) is 0 Å². The molecule has 8 heteroatoms. The standard InChI is InChI=1S/C17H14F2N4O2/c18-13-6-12(7-14(19)8-13)17(24)22-15-2-1-3-16(9-15)25-5-4-23-11-20-10-21-23/h1-3,6-11H,4-5H2,(H,22,24). The van der Waals surface area contributed by atoms with Gasteiger partial charge in [-0.25, -0.2) is 18.4 Å². The summed E-state index contributed by atoms with van der Waals surface area (Å²) in [6, 6.07) is 9.35.